The fraction of sp³-hybridized carbons (Fsp3) is 0.278. The summed E-state index contributed by atoms with van der Waals surface area (Å²) in [7, 11) is 0. The molecule has 0 saturated heterocycles. The van der Waals surface area contributed by atoms with Gasteiger partial charge in [-0.25, -0.2) is 4.98 Å². The molecule has 0 fully saturated rings. The van der Waals surface area contributed by atoms with Crippen molar-refractivity contribution in [2.24, 2.45) is 0 Å². The van der Waals surface area contributed by atoms with Gasteiger partial charge in [0.05, 0.1) is 17.6 Å². The van der Waals surface area contributed by atoms with E-state index in [1.165, 1.54) is 5.56 Å². The zero-order valence-electron chi connectivity index (χ0n) is 13.4. The van der Waals surface area contributed by atoms with Crippen molar-refractivity contribution in [1.29, 1.82) is 0 Å². The van der Waals surface area contributed by atoms with E-state index in [4.69, 9.17) is 14.2 Å². The van der Waals surface area contributed by atoms with Gasteiger partial charge in [0.2, 0.25) is 6.79 Å². The highest BCUT2D eigenvalue weighted by Crippen LogP contribution is 2.36. The van der Waals surface area contributed by atoms with Gasteiger partial charge in [-0.05, 0) is 19.1 Å². The lowest BCUT2D eigenvalue weighted by atomic mass is 10.2. The second-order valence-electron chi connectivity index (χ2n) is 5.70. The van der Waals surface area contributed by atoms with Crippen LogP contribution in [0.3, 0.4) is 0 Å². The van der Waals surface area contributed by atoms with E-state index in [0.29, 0.717) is 24.7 Å². The minimum absolute atomic E-state index is 0.0252. The Morgan fingerprint density at radius 2 is 1.92 bits per heavy atom. The highest BCUT2D eigenvalue weighted by atomic mass is 16.7. The molecule has 124 valence electrons. The molecule has 1 N–H and O–H groups in total. The number of aliphatic hydroxyl groups excluding tert-OH is 1. The fourth-order valence-corrected chi connectivity index (χ4v) is 2.81. The first-order valence-electron chi connectivity index (χ1n) is 7.83. The lowest BCUT2D eigenvalue weighted by Crippen LogP contribution is -2.09. The van der Waals surface area contributed by atoms with Gasteiger partial charge in [-0.2, -0.15) is 0 Å². The summed E-state index contributed by atoms with van der Waals surface area (Å²) in [5.74, 6) is 2.94. The molecule has 24 heavy (non-hydrogen) atoms. The van der Waals surface area contributed by atoms with Gasteiger partial charge in [0.1, 0.15) is 18.2 Å². The Labute approximate surface area is 139 Å². The number of imidazole rings is 1. The summed E-state index contributed by atoms with van der Waals surface area (Å²) in [4.78, 5) is 4.63. The average molecular weight is 326 g/mol. The largest absolute Gasteiger partial charge is 0.486 e. The Morgan fingerprint density at radius 1 is 1.17 bits per heavy atom. The number of hydrogen-bond acceptors (Lipinski definition) is 5. The molecule has 1 aliphatic rings. The number of fused-ring (bicyclic) bond motifs is 2. The van der Waals surface area contributed by atoms with Crippen LogP contribution in [0.15, 0.2) is 36.4 Å². The quantitative estimate of drug-likeness (QED) is 0.781. The van der Waals surface area contributed by atoms with Crippen molar-refractivity contribution in [2.45, 2.75) is 20.1 Å². The van der Waals surface area contributed by atoms with Crippen molar-refractivity contribution in [3.63, 3.8) is 0 Å². The summed E-state index contributed by atoms with van der Waals surface area (Å²) in [5.41, 5.74) is 2.88. The van der Waals surface area contributed by atoms with Crippen LogP contribution in [-0.2, 0) is 13.2 Å². The molecule has 0 saturated carbocycles. The minimum Gasteiger partial charge on any atom is -0.486 e. The number of aryl methyl sites for hydroxylation is 1. The van der Waals surface area contributed by atoms with E-state index in [2.05, 4.69) is 4.98 Å². The van der Waals surface area contributed by atoms with Crippen LogP contribution < -0.4 is 14.2 Å². The summed E-state index contributed by atoms with van der Waals surface area (Å²) < 4.78 is 18.6. The zero-order chi connectivity index (χ0) is 16.5. The summed E-state index contributed by atoms with van der Waals surface area (Å²) in [6.45, 7) is 3.06. The number of nitrogens with zero attached hydrogens (tertiary/aromatic N) is 2. The van der Waals surface area contributed by atoms with E-state index in [9.17, 15) is 5.11 Å². The van der Waals surface area contributed by atoms with Gasteiger partial charge in [0, 0.05) is 18.7 Å². The van der Waals surface area contributed by atoms with E-state index >= 15 is 0 Å². The standard InChI is InChI=1S/C18H18N2O4/c1-12-2-4-13(5-3-12)22-10-18-19-14-8-16-17(24-11-23-16)9-15(14)20(18)6-7-21/h2-5,8-9,21H,6-7,10-11H2,1H3. The van der Waals surface area contributed by atoms with E-state index in [1.54, 1.807) is 0 Å². The molecule has 6 nitrogen and oxygen atoms in total. The van der Waals surface area contributed by atoms with Gasteiger partial charge in [-0.15, -0.1) is 0 Å². The molecule has 0 amide bonds. The van der Waals surface area contributed by atoms with Gasteiger partial charge >= 0.3 is 0 Å². The third-order valence-corrected chi connectivity index (χ3v) is 4.03. The Bertz CT molecular complexity index is 871. The third-order valence-electron chi connectivity index (χ3n) is 4.03. The topological polar surface area (TPSA) is 65.7 Å². The molecule has 0 spiro atoms. The first-order valence-corrected chi connectivity index (χ1v) is 7.83. The molecule has 0 unspecified atom stereocenters. The summed E-state index contributed by atoms with van der Waals surface area (Å²) in [6, 6.07) is 11.6. The average Bonchev–Trinajstić information content (AvgIpc) is 3.17. The van der Waals surface area contributed by atoms with Crippen LogP contribution in [0.4, 0.5) is 0 Å². The van der Waals surface area contributed by atoms with Crippen LogP contribution in [-0.4, -0.2) is 28.1 Å². The molecule has 6 heteroatoms. The Morgan fingerprint density at radius 3 is 2.67 bits per heavy atom. The number of benzene rings is 2. The molecule has 1 aliphatic heterocycles. The second-order valence-corrected chi connectivity index (χ2v) is 5.70. The van der Waals surface area contributed by atoms with Crippen LogP contribution in [0.5, 0.6) is 17.2 Å². The SMILES string of the molecule is Cc1ccc(OCc2nc3cc4c(cc3n2CCO)OCO4)cc1. The van der Waals surface area contributed by atoms with Crippen molar-refractivity contribution >= 4 is 11.0 Å². The number of hydrogen-bond donors (Lipinski definition) is 1. The molecular weight excluding hydrogens is 308 g/mol. The maximum Gasteiger partial charge on any atom is 0.231 e. The lowest BCUT2D eigenvalue weighted by Gasteiger charge is -2.09. The Balaban J connectivity index is 1.66. The fourth-order valence-electron chi connectivity index (χ4n) is 2.81. The predicted octanol–water partition coefficient (Wildman–Crippen LogP) is 2.64. The Hall–Kier alpha value is -2.73. The molecule has 0 atom stereocenters. The molecule has 2 heterocycles. The van der Waals surface area contributed by atoms with Crippen LogP contribution in [0, 0.1) is 6.92 Å². The van der Waals surface area contributed by atoms with Gasteiger partial charge in [0.15, 0.2) is 11.5 Å². The normalized spacial score (nSPS) is 12.8. The number of rotatable bonds is 5. The minimum atomic E-state index is 0.0252. The third kappa shape index (κ3) is 2.65. The van der Waals surface area contributed by atoms with E-state index in [-0.39, 0.29) is 13.4 Å². The molecule has 0 radical (unpaired) electrons. The van der Waals surface area contributed by atoms with Crippen molar-refractivity contribution in [3.05, 3.63) is 47.8 Å². The summed E-state index contributed by atoms with van der Waals surface area (Å²) in [5, 5.41) is 9.39. The van der Waals surface area contributed by atoms with Crippen LogP contribution in [0.25, 0.3) is 11.0 Å². The highest BCUT2D eigenvalue weighted by molar-refractivity contribution is 5.81. The van der Waals surface area contributed by atoms with Crippen LogP contribution >= 0.6 is 0 Å². The molecule has 1 aromatic heterocycles. The molecule has 3 aromatic rings. The van der Waals surface area contributed by atoms with Gasteiger partial charge < -0.3 is 23.9 Å². The number of aromatic nitrogens is 2. The second kappa shape index (κ2) is 6.05. The molecule has 0 bridgehead atoms. The lowest BCUT2D eigenvalue weighted by molar-refractivity contribution is 0.174. The van der Waals surface area contributed by atoms with Crippen molar-refractivity contribution < 1.29 is 19.3 Å². The maximum absolute atomic E-state index is 9.39. The van der Waals surface area contributed by atoms with Crippen molar-refractivity contribution in [1.82, 2.24) is 9.55 Å². The van der Waals surface area contributed by atoms with E-state index < -0.39 is 0 Å². The molecule has 0 aliphatic carbocycles. The maximum atomic E-state index is 9.39. The smallest absolute Gasteiger partial charge is 0.231 e. The van der Waals surface area contributed by atoms with Crippen LogP contribution in [0.1, 0.15) is 11.4 Å². The van der Waals surface area contributed by atoms with Gasteiger partial charge in [-0.3, -0.25) is 0 Å². The molecule has 4 rings (SSSR count). The Kier molecular flexibility index (Phi) is 3.74. The van der Waals surface area contributed by atoms with Crippen LogP contribution in [0.2, 0.25) is 0 Å². The predicted molar refractivity (Wildman–Crippen MR) is 88.5 cm³/mol. The van der Waals surface area contributed by atoms with Gasteiger partial charge in [-0.1, -0.05) is 17.7 Å². The summed E-state index contributed by atoms with van der Waals surface area (Å²) >= 11 is 0. The van der Waals surface area contributed by atoms with E-state index in [1.807, 2.05) is 47.9 Å². The summed E-state index contributed by atoms with van der Waals surface area (Å²) in [6.07, 6.45) is 0. The molecule has 2 aromatic carbocycles. The highest BCUT2D eigenvalue weighted by Gasteiger charge is 2.19. The molecular formula is C18H18N2O4. The number of aliphatic hydroxyl groups is 1. The van der Waals surface area contributed by atoms with Crippen molar-refractivity contribution in [2.75, 3.05) is 13.4 Å². The monoisotopic (exact) mass is 326 g/mol. The zero-order valence-corrected chi connectivity index (χ0v) is 13.4. The number of ether oxygens (including phenoxy) is 3. The first-order chi connectivity index (χ1) is 11.7. The van der Waals surface area contributed by atoms with Crippen molar-refractivity contribution in [3.8, 4) is 17.2 Å². The first kappa shape index (κ1) is 14.8. The van der Waals surface area contributed by atoms with E-state index in [0.717, 1.165) is 22.6 Å². The van der Waals surface area contributed by atoms with Gasteiger partial charge in [0.25, 0.3) is 0 Å².